The van der Waals surface area contributed by atoms with Crippen LogP contribution in [0.2, 0.25) is 0 Å². The van der Waals surface area contributed by atoms with Crippen LogP contribution in [-0.4, -0.2) is 48.5 Å². The summed E-state index contributed by atoms with van der Waals surface area (Å²) < 4.78 is 41.3. The van der Waals surface area contributed by atoms with Crippen LogP contribution in [0.1, 0.15) is 18.5 Å². The third-order valence-electron chi connectivity index (χ3n) is 4.31. The molecule has 0 heterocycles. The molecule has 0 aromatic heterocycles. The number of carbonyl (C=O) groups excluding carboxylic acids is 1. The Morgan fingerprint density at radius 2 is 1.69 bits per heavy atom. The monoisotopic (exact) mass is 422 g/mol. The molecule has 0 aliphatic carbocycles. The topological polar surface area (TPSA) is 94.2 Å². The second kappa shape index (κ2) is 9.51. The van der Waals surface area contributed by atoms with E-state index in [1.807, 2.05) is 0 Å². The van der Waals surface area contributed by atoms with Gasteiger partial charge in [-0.3, -0.25) is 9.10 Å². The van der Waals surface area contributed by atoms with Crippen LogP contribution in [0.15, 0.2) is 42.5 Å². The van der Waals surface area contributed by atoms with E-state index in [9.17, 15) is 13.2 Å². The largest absolute Gasteiger partial charge is 0.497 e. The van der Waals surface area contributed by atoms with E-state index in [2.05, 4.69) is 5.32 Å². The molecule has 2 rings (SSSR count). The standard InChI is InChI=1S/C20H26N2O6S/c1-14(18-12-17(27-3)9-10-19(18)28-4)21-20(23)13-22(29(5,24)25)15-7-6-8-16(11-15)26-2/h6-12,14H,13H2,1-5H3,(H,21,23). The predicted octanol–water partition coefficient (Wildman–Crippen LogP) is 2.36. The van der Waals surface area contributed by atoms with Crippen molar-refractivity contribution in [2.75, 3.05) is 38.4 Å². The fourth-order valence-corrected chi connectivity index (χ4v) is 3.69. The molecule has 8 nitrogen and oxygen atoms in total. The van der Waals surface area contributed by atoms with Crippen LogP contribution in [0.4, 0.5) is 5.69 Å². The first-order valence-corrected chi connectivity index (χ1v) is 10.7. The number of rotatable bonds is 9. The molecule has 2 aromatic carbocycles. The van der Waals surface area contributed by atoms with Gasteiger partial charge in [-0.05, 0) is 37.3 Å². The molecular formula is C20H26N2O6S. The van der Waals surface area contributed by atoms with E-state index in [1.54, 1.807) is 56.5 Å². The minimum atomic E-state index is -3.69. The Morgan fingerprint density at radius 3 is 2.28 bits per heavy atom. The summed E-state index contributed by atoms with van der Waals surface area (Å²) in [4.78, 5) is 12.6. The van der Waals surface area contributed by atoms with Gasteiger partial charge < -0.3 is 19.5 Å². The van der Waals surface area contributed by atoms with Gasteiger partial charge in [0.1, 0.15) is 23.8 Å². The number of sulfonamides is 1. The van der Waals surface area contributed by atoms with Crippen molar-refractivity contribution in [1.29, 1.82) is 0 Å². The van der Waals surface area contributed by atoms with E-state index >= 15 is 0 Å². The molecule has 9 heteroatoms. The first-order valence-electron chi connectivity index (χ1n) is 8.82. The Balaban J connectivity index is 2.22. The Bertz CT molecular complexity index is 961. The zero-order valence-electron chi connectivity index (χ0n) is 17.1. The van der Waals surface area contributed by atoms with Crippen LogP contribution in [0, 0.1) is 0 Å². The molecule has 1 amide bonds. The zero-order valence-corrected chi connectivity index (χ0v) is 17.9. The van der Waals surface area contributed by atoms with Gasteiger partial charge in [0.25, 0.3) is 0 Å². The summed E-state index contributed by atoms with van der Waals surface area (Å²) in [6.07, 6.45) is 1.05. The SMILES string of the molecule is COc1cccc(N(CC(=O)NC(C)c2cc(OC)ccc2OC)S(C)(=O)=O)c1. The smallest absolute Gasteiger partial charge is 0.241 e. The Morgan fingerprint density at radius 1 is 1.03 bits per heavy atom. The van der Waals surface area contributed by atoms with E-state index in [1.165, 1.54) is 14.2 Å². The molecule has 1 N–H and O–H groups in total. The van der Waals surface area contributed by atoms with Crippen molar-refractivity contribution in [1.82, 2.24) is 5.32 Å². The summed E-state index contributed by atoms with van der Waals surface area (Å²) in [6.45, 7) is 1.41. The van der Waals surface area contributed by atoms with Crippen LogP contribution in [0.5, 0.6) is 17.2 Å². The van der Waals surface area contributed by atoms with Crippen LogP contribution in [0.3, 0.4) is 0 Å². The van der Waals surface area contributed by atoms with Crippen LogP contribution >= 0.6 is 0 Å². The molecular weight excluding hydrogens is 396 g/mol. The summed E-state index contributed by atoms with van der Waals surface area (Å²) in [7, 11) is 0.881. The fourth-order valence-electron chi connectivity index (χ4n) is 2.84. The average Bonchev–Trinajstić information content (AvgIpc) is 2.70. The van der Waals surface area contributed by atoms with Crippen molar-refractivity contribution in [3.05, 3.63) is 48.0 Å². The highest BCUT2D eigenvalue weighted by atomic mass is 32.2. The van der Waals surface area contributed by atoms with Gasteiger partial charge in [0.05, 0.1) is 39.3 Å². The lowest BCUT2D eigenvalue weighted by Gasteiger charge is -2.24. The molecule has 158 valence electrons. The second-order valence-electron chi connectivity index (χ2n) is 6.37. The second-order valence-corrected chi connectivity index (χ2v) is 8.28. The van der Waals surface area contributed by atoms with Gasteiger partial charge in [0.15, 0.2) is 0 Å². The highest BCUT2D eigenvalue weighted by Gasteiger charge is 2.23. The first-order chi connectivity index (χ1) is 13.7. The summed E-state index contributed by atoms with van der Waals surface area (Å²) in [6, 6.07) is 11.4. The zero-order chi connectivity index (χ0) is 21.6. The molecule has 0 saturated carbocycles. The minimum Gasteiger partial charge on any atom is -0.497 e. The summed E-state index contributed by atoms with van der Waals surface area (Å²) in [5.74, 6) is 1.24. The van der Waals surface area contributed by atoms with Crippen molar-refractivity contribution >= 4 is 21.6 Å². The highest BCUT2D eigenvalue weighted by molar-refractivity contribution is 7.92. The van der Waals surface area contributed by atoms with Crippen molar-refractivity contribution in [3.63, 3.8) is 0 Å². The molecule has 0 saturated heterocycles. The van der Waals surface area contributed by atoms with Crippen LogP contribution in [-0.2, 0) is 14.8 Å². The number of nitrogens with zero attached hydrogens (tertiary/aromatic N) is 1. The first kappa shape index (κ1) is 22.4. The molecule has 0 aliphatic rings. The summed E-state index contributed by atoms with van der Waals surface area (Å²) in [5.41, 5.74) is 1.06. The molecule has 29 heavy (non-hydrogen) atoms. The average molecular weight is 423 g/mol. The van der Waals surface area contributed by atoms with Gasteiger partial charge in [-0.25, -0.2) is 8.42 Å². The fraction of sp³-hybridized carbons (Fsp3) is 0.350. The van der Waals surface area contributed by atoms with Crippen LogP contribution < -0.4 is 23.8 Å². The van der Waals surface area contributed by atoms with Crippen LogP contribution in [0.25, 0.3) is 0 Å². The van der Waals surface area contributed by atoms with Gasteiger partial charge in [-0.1, -0.05) is 6.07 Å². The van der Waals surface area contributed by atoms with E-state index in [4.69, 9.17) is 14.2 Å². The number of ether oxygens (including phenoxy) is 3. The molecule has 0 radical (unpaired) electrons. The summed E-state index contributed by atoms with van der Waals surface area (Å²) >= 11 is 0. The molecule has 0 bridgehead atoms. The Labute approximate surface area is 171 Å². The molecule has 0 spiro atoms. The van der Waals surface area contributed by atoms with Gasteiger partial charge in [-0.15, -0.1) is 0 Å². The van der Waals surface area contributed by atoms with Gasteiger partial charge in [0.2, 0.25) is 15.9 Å². The number of benzene rings is 2. The van der Waals surface area contributed by atoms with E-state index < -0.39 is 22.0 Å². The maximum absolute atomic E-state index is 12.6. The van der Waals surface area contributed by atoms with Crippen molar-refractivity contribution in [3.8, 4) is 17.2 Å². The van der Waals surface area contributed by atoms with E-state index in [0.717, 1.165) is 10.6 Å². The lowest BCUT2D eigenvalue weighted by Crippen LogP contribution is -2.41. The summed E-state index contributed by atoms with van der Waals surface area (Å²) in [5, 5.41) is 2.81. The molecule has 1 unspecified atom stereocenters. The Hall–Kier alpha value is -2.94. The minimum absolute atomic E-state index is 0.341. The quantitative estimate of drug-likeness (QED) is 0.667. The maximum Gasteiger partial charge on any atom is 0.241 e. The lowest BCUT2D eigenvalue weighted by molar-refractivity contribution is -0.120. The molecule has 1 atom stereocenters. The van der Waals surface area contributed by atoms with Gasteiger partial charge >= 0.3 is 0 Å². The number of nitrogens with one attached hydrogen (secondary N) is 1. The predicted molar refractivity (Wildman–Crippen MR) is 111 cm³/mol. The third-order valence-corrected chi connectivity index (χ3v) is 5.45. The number of carbonyl (C=O) groups is 1. The van der Waals surface area contributed by atoms with E-state index in [-0.39, 0.29) is 6.54 Å². The molecule has 0 fully saturated rings. The third kappa shape index (κ3) is 5.77. The number of hydrogen-bond donors (Lipinski definition) is 1. The lowest BCUT2D eigenvalue weighted by atomic mass is 10.1. The number of methoxy groups -OCH3 is 3. The maximum atomic E-state index is 12.6. The normalized spacial score (nSPS) is 12.0. The van der Waals surface area contributed by atoms with Gasteiger partial charge in [-0.2, -0.15) is 0 Å². The number of amides is 1. The number of hydrogen-bond acceptors (Lipinski definition) is 6. The molecule has 0 aliphatic heterocycles. The van der Waals surface area contributed by atoms with Gasteiger partial charge in [0, 0.05) is 11.6 Å². The Kier molecular flexibility index (Phi) is 7.33. The van der Waals surface area contributed by atoms with Crippen molar-refractivity contribution in [2.24, 2.45) is 0 Å². The van der Waals surface area contributed by atoms with E-state index in [0.29, 0.717) is 28.5 Å². The van der Waals surface area contributed by atoms with Crippen molar-refractivity contribution < 1.29 is 27.4 Å². The highest BCUT2D eigenvalue weighted by Crippen LogP contribution is 2.29. The van der Waals surface area contributed by atoms with Crippen molar-refractivity contribution in [2.45, 2.75) is 13.0 Å². The number of anilines is 1. The molecule has 2 aromatic rings.